The van der Waals surface area contributed by atoms with Crippen LogP contribution in [-0.2, 0) is 6.42 Å². The van der Waals surface area contributed by atoms with Crippen LogP contribution < -0.4 is 4.90 Å². The van der Waals surface area contributed by atoms with Gasteiger partial charge in [0.15, 0.2) is 0 Å². The van der Waals surface area contributed by atoms with Gasteiger partial charge in [-0.15, -0.1) is 10.2 Å². The van der Waals surface area contributed by atoms with Gasteiger partial charge in [0.2, 0.25) is 5.13 Å². The number of rotatable bonds is 4. The molecule has 1 unspecified atom stereocenters. The van der Waals surface area contributed by atoms with Crippen molar-refractivity contribution in [3.8, 4) is 0 Å². The molecule has 1 fully saturated rings. The lowest BCUT2D eigenvalue weighted by molar-refractivity contribution is 0.493. The molecule has 0 aromatic carbocycles. The molecule has 19 heavy (non-hydrogen) atoms. The van der Waals surface area contributed by atoms with Gasteiger partial charge in [-0.3, -0.25) is 0 Å². The molecule has 1 atom stereocenters. The van der Waals surface area contributed by atoms with Gasteiger partial charge in [0.1, 0.15) is 10.8 Å². The third-order valence-corrected chi connectivity index (χ3v) is 4.56. The summed E-state index contributed by atoms with van der Waals surface area (Å²) in [4.78, 5) is 9.98. The van der Waals surface area contributed by atoms with Gasteiger partial charge < -0.3 is 9.88 Å². The van der Waals surface area contributed by atoms with Gasteiger partial charge in [0.25, 0.3) is 0 Å². The second-order valence-electron chi connectivity index (χ2n) is 4.99. The van der Waals surface area contributed by atoms with Gasteiger partial charge >= 0.3 is 0 Å². The number of piperidine rings is 1. The number of hydrogen-bond acceptors (Lipinski definition) is 5. The molecule has 0 aliphatic carbocycles. The summed E-state index contributed by atoms with van der Waals surface area (Å²) in [5.41, 5.74) is 0. The normalized spacial score (nSPS) is 19.8. The first kappa shape index (κ1) is 12.6. The Hall–Kier alpha value is -1.43. The Kier molecular flexibility index (Phi) is 3.77. The molecule has 0 radical (unpaired) electrons. The first-order chi connectivity index (χ1) is 9.36. The fraction of sp³-hybridized carbons (Fsp3) is 0.615. The zero-order valence-electron chi connectivity index (χ0n) is 11.2. The van der Waals surface area contributed by atoms with E-state index in [-0.39, 0.29) is 0 Å². The number of aromatic amines is 1. The van der Waals surface area contributed by atoms with E-state index in [0.29, 0.717) is 5.92 Å². The van der Waals surface area contributed by atoms with Gasteiger partial charge in [-0.05, 0) is 19.3 Å². The van der Waals surface area contributed by atoms with Crippen LogP contribution in [0.25, 0.3) is 0 Å². The second kappa shape index (κ2) is 5.69. The number of nitrogens with one attached hydrogen (secondary N) is 1. The molecule has 1 aliphatic heterocycles. The standard InChI is InChI=1S/C13H19N5S/c1-2-4-11-16-17-13(19-11)18-8-3-5-10(9-18)12-14-6-7-15-12/h6-7,10H,2-5,8-9H2,1H3,(H,14,15). The molecule has 1 N–H and O–H groups in total. The van der Waals surface area contributed by atoms with E-state index < -0.39 is 0 Å². The molecule has 0 bridgehead atoms. The van der Waals surface area contributed by atoms with Gasteiger partial charge in [-0.25, -0.2) is 4.98 Å². The molecule has 102 valence electrons. The highest BCUT2D eigenvalue weighted by molar-refractivity contribution is 7.15. The lowest BCUT2D eigenvalue weighted by atomic mass is 9.98. The maximum absolute atomic E-state index is 4.39. The summed E-state index contributed by atoms with van der Waals surface area (Å²) in [7, 11) is 0. The molecule has 0 amide bonds. The van der Waals surface area contributed by atoms with E-state index in [2.05, 4.69) is 32.0 Å². The zero-order chi connectivity index (χ0) is 13.1. The molecule has 2 aromatic rings. The van der Waals surface area contributed by atoms with Crippen molar-refractivity contribution in [3.63, 3.8) is 0 Å². The van der Waals surface area contributed by atoms with E-state index in [1.165, 1.54) is 12.8 Å². The van der Waals surface area contributed by atoms with E-state index in [0.717, 1.165) is 41.9 Å². The largest absolute Gasteiger partial charge is 0.348 e. The lowest BCUT2D eigenvalue weighted by Crippen LogP contribution is -2.34. The predicted molar refractivity (Wildman–Crippen MR) is 76.7 cm³/mol. The average molecular weight is 277 g/mol. The second-order valence-corrected chi connectivity index (χ2v) is 6.03. The van der Waals surface area contributed by atoms with Crippen LogP contribution in [0.3, 0.4) is 0 Å². The summed E-state index contributed by atoms with van der Waals surface area (Å²) in [6.07, 6.45) is 8.28. The molecular formula is C13H19N5S. The number of nitrogens with zero attached hydrogens (tertiary/aromatic N) is 4. The summed E-state index contributed by atoms with van der Waals surface area (Å²) < 4.78 is 0. The SMILES string of the molecule is CCCc1nnc(N2CCCC(c3ncc[nH]3)C2)s1. The molecule has 3 rings (SSSR count). The van der Waals surface area contributed by atoms with Crippen LogP contribution in [0.1, 0.15) is 42.9 Å². The van der Waals surface area contributed by atoms with Crippen LogP contribution in [0.5, 0.6) is 0 Å². The van der Waals surface area contributed by atoms with Crippen molar-refractivity contribution < 1.29 is 0 Å². The minimum absolute atomic E-state index is 0.488. The van der Waals surface area contributed by atoms with Crippen LogP contribution in [-0.4, -0.2) is 33.3 Å². The third-order valence-electron chi connectivity index (χ3n) is 3.52. The molecule has 6 heteroatoms. The number of H-pyrrole nitrogens is 1. The molecule has 0 saturated carbocycles. The van der Waals surface area contributed by atoms with E-state index in [1.807, 2.05) is 12.4 Å². The fourth-order valence-corrected chi connectivity index (χ4v) is 3.54. The van der Waals surface area contributed by atoms with Crippen LogP contribution in [0, 0.1) is 0 Å². The van der Waals surface area contributed by atoms with Crippen molar-refractivity contribution in [1.29, 1.82) is 0 Å². The Labute approximate surface area is 117 Å². The Balaban J connectivity index is 1.70. The van der Waals surface area contributed by atoms with Gasteiger partial charge in [0.05, 0.1) is 0 Å². The minimum Gasteiger partial charge on any atom is -0.348 e. The van der Waals surface area contributed by atoms with Crippen LogP contribution in [0.4, 0.5) is 5.13 Å². The third kappa shape index (κ3) is 2.78. The van der Waals surface area contributed by atoms with Crippen molar-refractivity contribution in [3.05, 3.63) is 23.2 Å². The Morgan fingerprint density at radius 2 is 2.42 bits per heavy atom. The topological polar surface area (TPSA) is 57.7 Å². The van der Waals surface area contributed by atoms with E-state index in [9.17, 15) is 0 Å². The van der Waals surface area contributed by atoms with Crippen molar-refractivity contribution >= 4 is 16.5 Å². The molecular weight excluding hydrogens is 258 g/mol. The number of hydrogen-bond donors (Lipinski definition) is 1. The van der Waals surface area contributed by atoms with Gasteiger partial charge in [0, 0.05) is 37.8 Å². The zero-order valence-corrected chi connectivity index (χ0v) is 12.0. The summed E-state index contributed by atoms with van der Waals surface area (Å²) in [5, 5.41) is 10.8. The fourth-order valence-electron chi connectivity index (χ4n) is 2.56. The Morgan fingerprint density at radius 3 is 3.21 bits per heavy atom. The summed E-state index contributed by atoms with van der Waals surface area (Å²) in [6, 6.07) is 0. The molecule has 1 saturated heterocycles. The smallest absolute Gasteiger partial charge is 0.208 e. The van der Waals surface area contributed by atoms with E-state index >= 15 is 0 Å². The predicted octanol–water partition coefficient (Wildman–Crippen LogP) is 2.60. The van der Waals surface area contributed by atoms with Crippen LogP contribution in [0.15, 0.2) is 12.4 Å². The Morgan fingerprint density at radius 1 is 1.47 bits per heavy atom. The monoisotopic (exact) mass is 277 g/mol. The number of imidazole rings is 1. The number of aryl methyl sites for hydroxylation is 1. The summed E-state index contributed by atoms with van der Waals surface area (Å²) in [6.45, 7) is 4.25. The van der Waals surface area contributed by atoms with Crippen molar-refractivity contribution in [2.24, 2.45) is 0 Å². The quantitative estimate of drug-likeness (QED) is 0.933. The highest BCUT2D eigenvalue weighted by Crippen LogP contribution is 2.30. The molecule has 1 aliphatic rings. The first-order valence-electron chi connectivity index (χ1n) is 6.93. The summed E-state index contributed by atoms with van der Waals surface area (Å²) in [5.74, 6) is 1.59. The maximum atomic E-state index is 4.39. The summed E-state index contributed by atoms with van der Waals surface area (Å²) >= 11 is 1.74. The number of anilines is 1. The molecule has 5 nitrogen and oxygen atoms in total. The van der Waals surface area contributed by atoms with Crippen molar-refractivity contribution in [1.82, 2.24) is 20.2 Å². The Bertz CT molecular complexity index is 507. The van der Waals surface area contributed by atoms with E-state index in [1.54, 1.807) is 11.3 Å². The molecule has 0 spiro atoms. The highest BCUT2D eigenvalue weighted by Gasteiger charge is 2.25. The minimum atomic E-state index is 0.488. The van der Waals surface area contributed by atoms with Crippen molar-refractivity contribution in [2.45, 2.75) is 38.5 Å². The van der Waals surface area contributed by atoms with E-state index in [4.69, 9.17) is 0 Å². The lowest BCUT2D eigenvalue weighted by Gasteiger charge is -2.31. The van der Waals surface area contributed by atoms with Crippen LogP contribution in [0.2, 0.25) is 0 Å². The first-order valence-corrected chi connectivity index (χ1v) is 7.75. The van der Waals surface area contributed by atoms with Gasteiger partial charge in [-0.1, -0.05) is 18.3 Å². The average Bonchev–Trinajstić information content (AvgIpc) is 3.11. The molecule has 3 heterocycles. The highest BCUT2D eigenvalue weighted by atomic mass is 32.1. The van der Waals surface area contributed by atoms with Crippen LogP contribution >= 0.6 is 11.3 Å². The van der Waals surface area contributed by atoms with Gasteiger partial charge in [-0.2, -0.15) is 0 Å². The maximum Gasteiger partial charge on any atom is 0.208 e. The van der Waals surface area contributed by atoms with Crippen molar-refractivity contribution in [2.75, 3.05) is 18.0 Å². The molecule has 2 aromatic heterocycles. The number of aromatic nitrogens is 4.